The topological polar surface area (TPSA) is 38.9 Å². The van der Waals surface area contributed by atoms with Crippen molar-refractivity contribution in [2.24, 2.45) is 0 Å². The van der Waals surface area contributed by atoms with Crippen LogP contribution in [0.4, 0.5) is 10.1 Å². The van der Waals surface area contributed by atoms with Crippen LogP contribution in [0.1, 0.15) is 0 Å². The Bertz CT molecular complexity index is 514. The smallest absolute Gasteiger partial charge is 0.126 e. The summed E-state index contributed by atoms with van der Waals surface area (Å²) in [5, 5.41) is 1.000. The minimum Gasteiger partial charge on any atom is -0.396 e. The number of nitrogen functional groups attached to an aromatic ring is 1. The van der Waals surface area contributed by atoms with Crippen LogP contribution in [0, 0.1) is 5.82 Å². The van der Waals surface area contributed by atoms with Crippen LogP contribution in [0.2, 0.25) is 10.0 Å². The quantitative estimate of drug-likeness (QED) is 0.755. The maximum atomic E-state index is 12.9. The first-order valence-corrected chi connectivity index (χ1v) is 4.54. The third kappa shape index (κ3) is 1.38. The largest absolute Gasteiger partial charge is 0.396 e. The predicted molar refractivity (Wildman–Crippen MR) is 56.1 cm³/mol. The number of nitrogens with two attached hydrogens (primary N) is 1. The lowest BCUT2D eigenvalue weighted by atomic mass is 10.2. The van der Waals surface area contributed by atoms with Crippen LogP contribution in [-0.2, 0) is 0 Å². The number of nitrogens with zero attached hydrogens (tertiary/aromatic N) is 1. The molecule has 5 heteroatoms. The van der Waals surface area contributed by atoms with Gasteiger partial charge in [-0.1, -0.05) is 23.2 Å². The average molecular weight is 231 g/mol. The van der Waals surface area contributed by atoms with Gasteiger partial charge >= 0.3 is 0 Å². The number of hydrogen-bond donors (Lipinski definition) is 1. The number of rotatable bonds is 0. The van der Waals surface area contributed by atoms with Crippen molar-refractivity contribution in [2.75, 3.05) is 5.73 Å². The fourth-order valence-corrected chi connectivity index (χ4v) is 1.81. The molecule has 0 spiro atoms. The number of fused-ring (bicyclic) bond motifs is 1. The molecule has 2 nitrogen and oxygen atoms in total. The molecule has 2 aromatic rings. The highest BCUT2D eigenvalue weighted by Gasteiger charge is 2.09. The number of pyridine rings is 1. The molecule has 0 saturated heterocycles. The Morgan fingerprint density at radius 1 is 1.29 bits per heavy atom. The van der Waals surface area contributed by atoms with E-state index in [9.17, 15) is 4.39 Å². The van der Waals surface area contributed by atoms with Gasteiger partial charge in [0.2, 0.25) is 0 Å². The predicted octanol–water partition coefficient (Wildman–Crippen LogP) is 3.26. The summed E-state index contributed by atoms with van der Waals surface area (Å²) in [6, 6.07) is 2.43. The third-order valence-electron chi connectivity index (χ3n) is 1.85. The van der Waals surface area contributed by atoms with E-state index in [4.69, 9.17) is 28.9 Å². The van der Waals surface area contributed by atoms with Crippen molar-refractivity contribution in [3.8, 4) is 0 Å². The summed E-state index contributed by atoms with van der Waals surface area (Å²) in [4.78, 5) is 3.93. The van der Waals surface area contributed by atoms with Gasteiger partial charge in [-0.2, -0.15) is 0 Å². The maximum absolute atomic E-state index is 12.9. The lowest BCUT2D eigenvalue weighted by Crippen LogP contribution is -1.91. The van der Waals surface area contributed by atoms with E-state index in [0.29, 0.717) is 21.6 Å². The van der Waals surface area contributed by atoms with Crippen molar-refractivity contribution in [2.45, 2.75) is 0 Å². The summed E-state index contributed by atoms with van der Waals surface area (Å²) in [6.45, 7) is 0. The highest BCUT2D eigenvalue weighted by atomic mass is 35.5. The Balaban J connectivity index is 2.95. The van der Waals surface area contributed by atoms with E-state index < -0.39 is 5.82 Å². The Kier molecular flexibility index (Phi) is 2.21. The summed E-state index contributed by atoms with van der Waals surface area (Å²) in [5.74, 6) is -0.448. The molecule has 14 heavy (non-hydrogen) atoms. The standard InChI is InChI=1S/C9H5Cl2FN2/c10-5-1-4(12)2-7-8(5)9(11)6(13)3-14-7/h1-3H,13H2. The molecule has 0 aliphatic heterocycles. The van der Waals surface area contributed by atoms with Crippen LogP contribution in [0.3, 0.4) is 0 Å². The highest BCUT2D eigenvalue weighted by molar-refractivity contribution is 6.43. The number of halogens is 3. The van der Waals surface area contributed by atoms with Crippen molar-refractivity contribution in [3.05, 3.63) is 34.2 Å². The maximum Gasteiger partial charge on any atom is 0.126 e. The van der Waals surface area contributed by atoms with Crippen LogP contribution >= 0.6 is 23.2 Å². The zero-order valence-electron chi connectivity index (χ0n) is 6.89. The normalized spacial score (nSPS) is 10.8. The summed E-state index contributed by atoms with van der Waals surface area (Å²) in [7, 11) is 0. The molecule has 0 atom stereocenters. The molecule has 2 N–H and O–H groups in total. The molecule has 0 aliphatic rings. The molecule has 72 valence electrons. The van der Waals surface area contributed by atoms with Crippen molar-refractivity contribution in [3.63, 3.8) is 0 Å². The molecule has 0 unspecified atom stereocenters. The van der Waals surface area contributed by atoms with Crippen LogP contribution in [0.5, 0.6) is 0 Å². The Morgan fingerprint density at radius 3 is 2.71 bits per heavy atom. The van der Waals surface area contributed by atoms with Gasteiger partial charge in [-0.3, -0.25) is 4.98 Å². The molecule has 1 heterocycles. The van der Waals surface area contributed by atoms with Gasteiger partial charge < -0.3 is 5.73 Å². The van der Waals surface area contributed by atoms with E-state index >= 15 is 0 Å². The van der Waals surface area contributed by atoms with E-state index in [-0.39, 0.29) is 5.02 Å². The third-order valence-corrected chi connectivity index (χ3v) is 2.56. The van der Waals surface area contributed by atoms with Gasteiger partial charge in [0.15, 0.2) is 0 Å². The van der Waals surface area contributed by atoms with Crippen LogP contribution < -0.4 is 5.73 Å². The molecule has 0 saturated carbocycles. The first-order chi connectivity index (χ1) is 6.59. The molecule has 0 fully saturated rings. The van der Waals surface area contributed by atoms with Crippen molar-refractivity contribution < 1.29 is 4.39 Å². The van der Waals surface area contributed by atoms with Gasteiger partial charge in [0.25, 0.3) is 0 Å². The average Bonchev–Trinajstić information content (AvgIpc) is 2.10. The van der Waals surface area contributed by atoms with E-state index in [0.717, 1.165) is 0 Å². The Morgan fingerprint density at radius 2 is 2.00 bits per heavy atom. The monoisotopic (exact) mass is 230 g/mol. The zero-order valence-corrected chi connectivity index (χ0v) is 8.40. The van der Waals surface area contributed by atoms with Crippen LogP contribution in [0.15, 0.2) is 18.3 Å². The first kappa shape index (κ1) is 9.49. The van der Waals surface area contributed by atoms with Gasteiger partial charge in [0, 0.05) is 11.5 Å². The van der Waals surface area contributed by atoms with Gasteiger partial charge in [-0.05, 0) is 6.07 Å². The second-order valence-corrected chi connectivity index (χ2v) is 3.59. The second kappa shape index (κ2) is 3.26. The number of anilines is 1. The lowest BCUT2D eigenvalue weighted by Gasteiger charge is -2.04. The molecular weight excluding hydrogens is 226 g/mol. The molecule has 1 aromatic heterocycles. The van der Waals surface area contributed by atoms with Gasteiger partial charge in [-0.25, -0.2) is 4.39 Å². The number of hydrogen-bond acceptors (Lipinski definition) is 2. The van der Waals surface area contributed by atoms with E-state index in [1.807, 2.05) is 0 Å². The van der Waals surface area contributed by atoms with Gasteiger partial charge in [-0.15, -0.1) is 0 Å². The fraction of sp³-hybridized carbons (Fsp3) is 0. The minimum atomic E-state index is -0.448. The van der Waals surface area contributed by atoms with E-state index in [1.165, 1.54) is 18.3 Å². The van der Waals surface area contributed by atoms with Crippen molar-refractivity contribution in [1.82, 2.24) is 4.98 Å². The van der Waals surface area contributed by atoms with Crippen LogP contribution in [-0.4, -0.2) is 4.98 Å². The van der Waals surface area contributed by atoms with E-state index in [1.54, 1.807) is 0 Å². The summed E-state index contributed by atoms with van der Waals surface area (Å²) in [6.07, 6.45) is 1.38. The number of benzene rings is 1. The molecule has 0 aliphatic carbocycles. The van der Waals surface area contributed by atoms with Gasteiger partial charge in [0.05, 0.1) is 27.4 Å². The minimum absolute atomic E-state index is 0.213. The Labute approximate surface area is 89.4 Å². The molecule has 1 aromatic carbocycles. The molecule has 2 rings (SSSR count). The van der Waals surface area contributed by atoms with Crippen molar-refractivity contribution >= 4 is 39.8 Å². The second-order valence-electron chi connectivity index (χ2n) is 2.81. The van der Waals surface area contributed by atoms with Crippen LogP contribution in [0.25, 0.3) is 10.9 Å². The van der Waals surface area contributed by atoms with Crippen molar-refractivity contribution in [1.29, 1.82) is 0 Å². The highest BCUT2D eigenvalue weighted by Crippen LogP contribution is 2.33. The first-order valence-electron chi connectivity index (χ1n) is 3.78. The number of aromatic nitrogens is 1. The Hall–Kier alpha value is -1.06. The van der Waals surface area contributed by atoms with E-state index in [2.05, 4.69) is 4.98 Å². The fourth-order valence-electron chi connectivity index (χ4n) is 1.22. The molecule has 0 amide bonds. The van der Waals surface area contributed by atoms with Gasteiger partial charge in [0.1, 0.15) is 5.82 Å². The lowest BCUT2D eigenvalue weighted by molar-refractivity contribution is 0.629. The molecule has 0 radical (unpaired) electrons. The summed E-state index contributed by atoms with van der Waals surface area (Å²) >= 11 is 11.7. The zero-order chi connectivity index (χ0) is 10.3. The summed E-state index contributed by atoms with van der Waals surface area (Å²) < 4.78 is 12.9. The molecular formula is C9H5Cl2FN2. The SMILES string of the molecule is Nc1cnc2cc(F)cc(Cl)c2c1Cl. The molecule has 0 bridgehead atoms. The summed E-state index contributed by atoms with van der Waals surface area (Å²) in [5.41, 5.74) is 6.27.